The first kappa shape index (κ1) is 20.6. The van der Waals surface area contributed by atoms with Crippen LogP contribution in [0.4, 0.5) is 0 Å². The number of thiophene rings is 1. The molecule has 4 N–H and O–H groups in total. The molecule has 2 aliphatic rings. The molecule has 2 saturated heterocycles. The molecule has 0 radical (unpaired) electrons. The topological polar surface area (TPSA) is 153 Å². The molecular formula is C16H18N2O8S2. The smallest absolute Gasteiger partial charge is 0.328 e. The van der Waals surface area contributed by atoms with Crippen molar-refractivity contribution < 1.29 is 39.2 Å². The van der Waals surface area contributed by atoms with E-state index in [4.69, 9.17) is 4.74 Å². The highest BCUT2D eigenvalue weighted by molar-refractivity contribution is 8.01. The second kappa shape index (κ2) is 7.03. The summed E-state index contributed by atoms with van der Waals surface area (Å²) in [6, 6.07) is 0.178. The number of rotatable bonds is 7. The van der Waals surface area contributed by atoms with Crippen molar-refractivity contribution in [1.82, 2.24) is 10.2 Å². The lowest BCUT2D eigenvalue weighted by molar-refractivity contribution is -0.201. The normalized spacial score (nSPS) is 32.4. The second-order valence-corrected chi connectivity index (χ2v) is 9.05. The maximum Gasteiger partial charge on any atom is 0.328 e. The van der Waals surface area contributed by atoms with Crippen molar-refractivity contribution in [3.8, 4) is 0 Å². The molecule has 12 heteroatoms. The molecule has 152 valence electrons. The highest BCUT2D eigenvalue weighted by Crippen LogP contribution is 2.55. The van der Waals surface area contributed by atoms with Gasteiger partial charge in [0.15, 0.2) is 5.92 Å². The van der Waals surface area contributed by atoms with E-state index in [0.29, 0.717) is 0 Å². The van der Waals surface area contributed by atoms with Gasteiger partial charge in [-0.05, 0) is 29.3 Å². The number of ether oxygens (including phenoxy) is 1. The Morgan fingerprint density at radius 3 is 2.54 bits per heavy atom. The molecule has 2 fully saturated rings. The van der Waals surface area contributed by atoms with E-state index in [1.165, 1.54) is 36.8 Å². The molecule has 2 unspecified atom stereocenters. The van der Waals surface area contributed by atoms with Crippen LogP contribution in [0.5, 0.6) is 0 Å². The number of carboxylic acid groups (broad SMARTS) is 2. The van der Waals surface area contributed by atoms with Gasteiger partial charge in [0.2, 0.25) is 5.91 Å². The monoisotopic (exact) mass is 430 g/mol. The maximum absolute atomic E-state index is 12.8. The zero-order valence-electron chi connectivity index (χ0n) is 14.8. The lowest BCUT2D eigenvalue weighted by Gasteiger charge is -2.51. The van der Waals surface area contributed by atoms with Crippen LogP contribution in [-0.4, -0.2) is 79.6 Å². The third-order valence-corrected chi connectivity index (χ3v) is 7.33. The van der Waals surface area contributed by atoms with Crippen LogP contribution >= 0.6 is 23.1 Å². The van der Waals surface area contributed by atoms with Crippen LogP contribution in [0.1, 0.15) is 18.4 Å². The summed E-state index contributed by atoms with van der Waals surface area (Å²) in [5, 5.41) is 33.2. The SMILES string of the molecule is CO[C@@]1(NC(=O)C(C(=O)O)c2ccsc2)C(=O)N2[C@@H](C(=O)O)C(C)(CO)S[C@@H]21. The standard InChI is InChI=1S/C16H18N2O8S2/c1-15(6-19)9(12(23)24)18-13(25)16(26-2,14(18)28-15)17-10(20)8(11(21)22)7-3-4-27-5-7/h3-5,8-9,14,19H,6H2,1-2H3,(H,17,20)(H,21,22)(H,23,24)/t8?,9-,14+,15?,16-/m0/s1. The molecule has 5 atom stereocenters. The first-order valence-electron chi connectivity index (χ1n) is 8.09. The van der Waals surface area contributed by atoms with Gasteiger partial charge in [0, 0.05) is 7.11 Å². The molecule has 3 heterocycles. The number of fused-ring (bicyclic) bond motifs is 1. The summed E-state index contributed by atoms with van der Waals surface area (Å²) in [4.78, 5) is 49.8. The molecule has 0 aromatic carbocycles. The van der Waals surface area contributed by atoms with Crippen LogP contribution in [0.15, 0.2) is 16.8 Å². The molecule has 0 spiro atoms. The average Bonchev–Trinajstić information content (AvgIpc) is 3.25. The van der Waals surface area contributed by atoms with Crippen molar-refractivity contribution >= 4 is 46.9 Å². The zero-order valence-corrected chi connectivity index (χ0v) is 16.5. The Hall–Kier alpha value is -2.15. The van der Waals surface area contributed by atoms with Gasteiger partial charge in [-0.2, -0.15) is 11.3 Å². The Morgan fingerprint density at radius 1 is 1.39 bits per heavy atom. The number of nitrogens with zero attached hydrogens (tertiary/aromatic N) is 1. The zero-order chi connectivity index (χ0) is 20.9. The third kappa shape index (κ3) is 2.79. The fourth-order valence-electron chi connectivity index (χ4n) is 3.50. The Balaban J connectivity index is 1.91. The van der Waals surface area contributed by atoms with Crippen LogP contribution in [0, 0.1) is 0 Å². The first-order valence-corrected chi connectivity index (χ1v) is 9.91. The predicted molar refractivity (Wildman–Crippen MR) is 97.7 cm³/mol. The van der Waals surface area contributed by atoms with E-state index in [1.807, 2.05) is 0 Å². The molecule has 0 saturated carbocycles. The number of thioether (sulfide) groups is 1. The van der Waals surface area contributed by atoms with E-state index in [-0.39, 0.29) is 5.56 Å². The van der Waals surface area contributed by atoms with Gasteiger partial charge in [-0.1, -0.05) is 0 Å². The number of carboxylic acids is 2. The number of aliphatic hydroxyl groups excluding tert-OH is 1. The number of hydrogen-bond donors (Lipinski definition) is 4. The average molecular weight is 430 g/mol. The highest BCUT2D eigenvalue weighted by atomic mass is 32.2. The summed E-state index contributed by atoms with van der Waals surface area (Å²) in [6.45, 7) is 0.977. The van der Waals surface area contributed by atoms with Crippen LogP contribution in [-0.2, 0) is 23.9 Å². The van der Waals surface area contributed by atoms with Crippen molar-refractivity contribution in [3.63, 3.8) is 0 Å². The first-order chi connectivity index (χ1) is 13.1. The summed E-state index contributed by atoms with van der Waals surface area (Å²) in [7, 11) is 1.17. The minimum atomic E-state index is -1.91. The van der Waals surface area contributed by atoms with Crippen LogP contribution in [0.2, 0.25) is 0 Å². The number of aliphatic hydroxyl groups is 1. The van der Waals surface area contributed by atoms with E-state index in [1.54, 1.807) is 5.38 Å². The van der Waals surface area contributed by atoms with Gasteiger partial charge in [0.1, 0.15) is 11.4 Å². The fourth-order valence-corrected chi connectivity index (χ4v) is 5.87. The van der Waals surface area contributed by atoms with Crippen LogP contribution in [0.3, 0.4) is 0 Å². The lowest BCUT2D eigenvalue weighted by atomic mass is 9.92. The van der Waals surface area contributed by atoms with E-state index in [9.17, 15) is 34.5 Å². The second-order valence-electron chi connectivity index (χ2n) is 6.65. The number of carbonyl (C=O) groups excluding carboxylic acids is 2. The number of carbonyl (C=O) groups is 4. The van der Waals surface area contributed by atoms with E-state index in [0.717, 1.165) is 16.7 Å². The van der Waals surface area contributed by atoms with E-state index in [2.05, 4.69) is 5.32 Å². The highest BCUT2D eigenvalue weighted by Gasteiger charge is 2.74. The van der Waals surface area contributed by atoms with Gasteiger partial charge < -0.3 is 30.3 Å². The molecule has 1 aromatic heterocycles. The van der Waals surface area contributed by atoms with E-state index >= 15 is 0 Å². The Morgan fingerprint density at radius 2 is 2.07 bits per heavy atom. The maximum atomic E-state index is 12.8. The molecule has 10 nitrogen and oxygen atoms in total. The summed E-state index contributed by atoms with van der Waals surface area (Å²) in [5.41, 5.74) is -1.65. The quantitative estimate of drug-likeness (QED) is 0.254. The molecule has 2 amide bonds. The molecule has 0 bridgehead atoms. The van der Waals surface area contributed by atoms with Crippen LogP contribution in [0.25, 0.3) is 0 Å². The fraction of sp³-hybridized carbons (Fsp3) is 0.500. The Labute approximate surface area is 167 Å². The van der Waals surface area contributed by atoms with Crippen molar-refractivity contribution in [2.45, 2.75) is 34.7 Å². The van der Waals surface area contributed by atoms with Crippen LogP contribution < -0.4 is 5.32 Å². The van der Waals surface area contributed by atoms with Gasteiger partial charge in [0.05, 0.1) is 11.4 Å². The molecule has 2 aliphatic heterocycles. The van der Waals surface area contributed by atoms with E-state index < -0.39 is 58.2 Å². The molecule has 28 heavy (non-hydrogen) atoms. The third-order valence-electron chi connectivity index (χ3n) is 4.95. The minimum Gasteiger partial charge on any atom is -0.480 e. The molecule has 3 rings (SSSR count). The Kier molecular flexibility index (Phi) is 5.17. The number of amides is 2. The molecule has 1 aromatic rings. The molecule has 0 aliphatic carbocycles. The van der Waals surface area contributed by atoms with Gasteiger partial charge >= 0.3 is 11.9 Å². The van der Waals surface area contributed by atoms with Crippen molar-refractivity contribution in [1.29, 1.82) is 0 Å². The summed E-state index contributed by atoms with van der Waals surface area (Å²) in [6.07, 6.45) is 0. The lowest BCUT2D eigenvalue weighted by Crippen LogP contribution is -2.80. The number of aliphatic carboxylic acids is 2. The number of hydrogen-bond acceptors (Lipinski definition) is 8. The Bertz CT molecular complexity index is 831. The van der Waals surface area contributed by atoms with Crippen molar-refractivity contribution in [2.24, 2.45) is 0 Å². The van der Waals surface area contributed by atoms with Gasteiger partial charge in [-0.15, -0.1) is 11.8 Å². The predicted octanol–water partition coefficient (Wildman–Crippen LogP) is -0.505. The summed E-state index contributed by atoms with van der Waals surface area (Å²) < 4.78 is 4.06. The number of β-lactam (4-membered cyclic amide) rings is 1. The summed E-state index contributed by atoms with van der Waals surface area (Å²) >= 11 is 2.20. The van der Waals surface area contributed by atoms with Gasteiger partial charge in [0.25, 0.3) is 11.6 Å². The number of nitrogens with one attached hydrogen (secondary N) is 1. The largest absolute Gasteiger partial charge is 0.480 e. The van der Waals surface area contributed by atoms with Crippen molar-refractivity contribution in [2.75, 3.05) is 13.7 Å². The summed E-state index contributed by atoms with van der Waals surface area (Å²) in [5.74, 6) is -6.00. The minimum absolute atomic E-state index is 0.257. The van der Waals surface area contributed by atoms with Gasteiger partial charge in [-0.25, -0.2) is 4.79 Å². The van der Waals surface area contributed by atoms with Gasteiger partial charge in [-0.3, -0.25) is 14.4 Å². The van der Waals surface area contributed by atoms with Crippen molar-refractivity contribution in [3.05, 3.63) is 22.4 Å². The molecular weight excluding hydrogens is 412 g/mol. The number of methoxy groups -OCH3 is 1.